The molecule has 0 bridgehead atoms. The Hall–Kier alpha value is -1.92. The van der Waals surface area contributed by atoms with Crippen LogP contribution in [0.5, 0.6) is 0 Å². The highest BCUT2D eigenvalue weighted by atomic mass is 32.2. The first kappa shape index (κ1) is 16.0. The second kappa shape index (κ2) is 6.68. The molecule has 0 aliphatic carbocycles. The molecule has 1 aliphatic rings. The minimum absolute atomic E-state index is 0.0400. The number of halogens is 1. The van der Waals surface area contributed by atoms with Gasteiger partial charge in [-0.05, 0) is 43.2 Å². The highest BCUT2D eigenvalue weighted by Crippen LogP contribution is 2.25. The van der Waals surface area contributed by atoms with Gasteiger partial charge in [-0.15, -0.1) is 0 Å². The van der Waals surface area contributed by atoms with Gasteiger partial charge < -0.3 is 4.90 Å². The third-order valence-electron chi connectivity index (χ3n) is 4.08. The first-order valence-corrected chi connectivity index (χ1v) is 9.11. The van der Waals surface area contributed by atoms with Gasteiger partial charge in [-0.25, -0.2) is 17.5 Å². The van der Waals surface area contributed by atoms with E-state index in [4.69, 9.17) is 0 Å². The smallest absolute Gasteiger partial charge is 0.240 e. The Labute approximate surface area is 136 Å². The van der Waals surface area contributed by atoms with Gasteiger partial charge in [0.2, 0.25) is 10.0 Å². The number of benzene rings is 2. The van der Waals surface area contributed by atoms with E-state index < -0.39 is 15.8 Å². The maximum absolute atomic E-state index is 13.2. The van der Waals surface area contributed by atoms with Crippen molar-refractivity contribution in [2.45, 2.75) is 23.8 Å². The van der Waals surface area contributed by atoms with E-state index in [0.29, 0.717) is 6.54 Å². The molecule has 1 saturated heterocycles. The molecule has 1 fully saturated rings. The molecular weight excluding hydrogens is 315 g/mol. The molecule has 1 aliphatic heterocycles. The first-order valence-electron chi connectivity index (χ1n) is 7.63. The van der Waals surface area contributed by atoms with E-state index in [1.54, 1.807) is 0 Å². The minimum atomic E-state index is -3.69. The molecule has 6 heteroatoms. The molecule has 122 valence electrons. The van der Waals surface area contributed by atoms with Crippen molar-refractivity contribution in [3.05, 3.63) is 60.4 Å². The van der Waals surface area contributed by atoms with Crippen molar-refractivity contribution in [2.24, 2.45) is 0 Å². The second-order valence-electron chi connectivity index (χ2n) is 5.63. The topological polar surface area (TPSA) is 49.4 Å². The number of rotatable bonds is 5. The van der Waals surface area contributed by atoms with Gasteiger partial charge in [-0.2, -0.15) is 0 Å². The van der Waals surface area contributed by atoms with Crippen molar-refractivity contribution >= 4 is 15.7 Å². The summed E-state index contributed by atoms with van der Waals surface area (Å²) >= 11 is 0. The van der Waals surface area contributed by atoms with E-state index in [0.717, 1.165) is 31.1 Å². The van der Waals surface area contributed by atoms with Crippen molar-refractivity contribution in [2.75, 3.05) is 18.0 Å². The predicted molar refractivity (Wildman–Crippen MR) is 88.4 cm³/mol. The zero-order chi connectivity index (χ0) is 16.3. The van der Waals surface area contributed by atoms with Gasteiger partial charge >= 0.3 is 0 Å². The lowest BCUT2D eigenvalue weighted by molar-refractivity contribution is 0.564. The Morgan fingerprint density at radius 2 is 1.91 bits per heavy atom. The number of nitrogens with one attached hydrogen (secondary N) is 1. The number of hydrogen-bond acceptors (Lipinski definition) is 3. The first-order chi connectivity index (χ1) is 11.1. The highest BCUT2D eigenvalue weighted by molar-refractivity contribution is 7.89. The van der Waals surface area contributed by atoms with Crippen LogP contribution in [0.3, 0.4) is 0 Å². The summed E-state index contributed by atoms with van der Waals surface area (Å²) in [6.45, 7) is 1.23. The van der Waals surface area contributed by atoms with Crippen molar-refractivity contribution in [1.82, 2.24) is 4.72 Å². The maximum atomic E-state index is 13.2. The molecular formula is C17H19FN2O2S. The number of para-hydroxylation sites is 1. The lowest BCUT2D eigenvalue weighted by Gasteiger charge is -2.27. The summed E-state index contributed by atoms with van der Waals surface area (Å²) in [5.41, 5.74) is 1.10. The van der Waals surface area contributed by atoms with Crippen molar-refractivity contribution < 1.29 is 12.8 Å². The Balaban J connectivity index is 1.70. The molecule has 4 nitrogen and oxygen atoms in total. The number of anilines is 1. The molecule has 1 unspecified atom stereocenters. The summed E-state index contributed by atoms with van der Waals surface area (Å²) in [6.07, 6.45) is 1.96. The van der Waals surface area contributed by atoms with E-state index in [-0.39, 0.29) is 10.9 Å². The second-order valence-corrected chi connectivity index (χ2v) is 7.40. The van der Waals surface area contributed by atoms with E-state index in [9.17, 15) is 12.8 Å². The zero-order valence-corrected chi connectivity index (χ0v) is 13.5. The van der Waals surface area contributed by atoms with Gasteiger partial charge in [-0.1, -0.05) is 24.3 Å². The fourth-order valence-corrected chi connectivity index (χ4v) is 4.03. The van der Waals surface area contributed by atoms with Gasteiger partial charge in [-0.3, -0.25) is 0 Å². The SMILES string of the molecule is O=S(=O)(NCC1CCCN1c1ccccc1)c1cccc(F)c1. The summed E-state index contributed by atoms with van der Waals surface area (Å²) in [6, 6.07) is 15.1. The average Bonchev–Trinajstić information content (AvgIpc) is 3.02. The molecule has 2 aromatic carbocycles. The van der Waals surface area contributed by atoms with Crippen molar-refractivity contribution in [3.8, 4) is 0 Å². The lowest BCUT2D eigenvalue weighted by atomic mass is 10.2. The van der Waals surface area contributed by atoms with Crippen LogP contribution in [0, 0.1) is 5.82 Å². The van der Waals surface area contributed by atoms with E-state index in [2.05, 4.69) is 9.62 Å². The van der Waals surface area contributed by atoms with Crippen LogP contribution in [0.25, 0.3) is 0 Å². The summed E-state index contributed by atoms with van der Waals surface area (Å²) < 4.78 is 40.4. The average molecular weight is 334 g/mol. The van der Waals surface area contributed by atoms with Crippen LogP contribution in [0.1, 0.15) is 12.8 Å². The molecule has 0 spiro atoms. The zero-order valence-electron chi connectivity index (χ0n) is 12.7. The van der Waals surface area contributed by atoms with Crippen molar-refractivity contribution in [3.63, 3.8) is 0 Å². The lowest BCUT2D eigenvalue weighted by Crippen LogP contribution is -2.40. The van der Waals surface area contributed by atoms with E-state index in [1.165, 1.54) is 18.2 Å². The van der Waals surface area contributed by atoms with Crippen LogP contribution in [0.4, 0.5) is 10.1 Å². The predicted octanol–water partition coefficient (Wildman–Crippen LogP) is 2.77. The molecule has 2 aromatic rings. The fraction of sp³-hybridized carbons (Fsp3) is 0.294. The summed E-state index contributed by atoms with van der Waals surface area (Å²) in [4.78, 5) is 2.18. The third-order valence-corrected chi connectivity index (χ3v) is 5.50. The van der Waals surface area contributed by atoms with Crippen LogP contribution >= 0.6 is 0 Å². The molecule has 1 N–H and O–H groups in total. The van der Waals surface area contributed by atoms with Crippen molar-refractivity contribution in [1.29, 1.82) is 0 Å². The Kier molecular flexibility index (Phi) is 4.63. The summed E-state index contributed by atoms with van der Waals surface area (Å²) in [7, 11) is -3.69. The minimum Gasteiger partial charge on any atom is -0.367 e. The Bertz CT molecular complexity index is 765. The number of nitrogens with zero attached hydrogens (tertiary/aromatic N) is 1. The van der Waals surface area contributed by atoms with Gasteiger partial charge in [0, 0.05) is 24.8 Å². The van der Waals surface area contributed by atoms with Gasteiger partial charge in [0.1, 0.15) is 5.82 Å². The van der Waals surface area contributed by atoms with Crippen LogP contribution < -0.4 is 9.62 Å². The fourth-order valence-electron chi connectivity index (χ4n) is 2.93. The van der Waals surface area contributed by atoms with Crippen LogP contribution in [-0.2, 0) is 10.0 Å². The molecule has 0 radical (unpaired) electrons. The molecule has 0 aromatic heterocycles. The summed E-state index contributed by atoms with van der Waals surface area (Å²) in [5, 5.41) is 0. The number of sulfonamides is 1. The quantitative estimate of drug-likeness (QED) is 0.915. The van der Waals surface area contributed by atoms with Gasteiger partial charge in [0.05, 0.1) is 4.90 Å². The van der Waals surface area contributed by atoms with Gasteiger partial charge in [0.25, 0.3) is 0 Å². The highest BCUT2D eigenvalue weighted by Gasteiger charge is 2.26. The molecule has 1 atom stereocenters. The standard InChI is InChI=1S/C17H19FN2O2S/c18-14-6-4-10-17(12-14)23(21,22)19-13-16-9-5-11-20(16)15-7-2-1-3-8-15/h1-4,6-8,10,12,16,19H,5,9,11,13H2. The van der Waals surface area contributed by atoms with Crippen LogP contribution in [0.2, 0.25) is 0 Å². The Morgan fingerprint density at radius 1 is 1.13 bits per heavy atom. The van der Waals surface area contributed by atoms with E-state index in [1.807, 2.05) is 30.3 Å². The molecule has 0 saturated carbocycles. The summed E-state index contributed by atoms with van der Waals surface area (Å²) in [5.74, 6) is -0.556. The Morgan fingerprint density at radius 3 is 2.65 bits per heavy atom. The molecule has 23 heavy (non-hydrogen) atoms. The molecule has 1 heterocycles. The van der Waals surface area contributed by atoms with Crippen LogP contribution in [-0.4, -0.2) is 27.5 Å². The normalized spacial score (nSPS) is 18.3. The third kappa shape index (κ3) is 3.71. The van der Waals surface area contributed by atoms with Crippen LogP contribution in [0.15, 0.2) is 59.5 Å². The molecule has 3 rings (SSSR count). The monoisotopic (exact) mass is 334 g/mol. The van der Waals surface area contributed by atoms with E-state index >= 15 is 0 Å². The largest absolute Gasteiger partial charge is 0.367 e. The molecule has 0 amide bonds. The van der Waals surface area contributed by atoms with Gasteiger partial charge in [0.15, 0.2) is 0 Å². The number of hydrogen-bond donors (Lipinski definition) is 1. The maximum Gasteiger partial charge on any atom is 0.240 e.